The van der Waals surface area contributed by atoms with E-state index in [0.717, 1.165) is 0 Å². The molecule has 0 saturated carbocycles. The average Bonchev–Trinajstić information content (AvgIpc) is 2.51. The molecule has 0 aliphatic heterocycles. The molecule has 0 unspecified atom stereocenters. The van der Waals surface area contributed by atoms with Gasteiger partial charge in [-0.15, -0.1) is 0 Å². The van der Waals surface area contributed by atoms with Crippen molar-refractivity contribution in [3.8, 4) is 12.1 Å². The molecule has 2 aromatic rings. The lowest BCUT2D eigenvalue weighted by atomic mass is 9.81. The highest BCUT2D eigenvalue weighted by molar-refractivity contribution is 6.29. The number of benzene rings is 2. The van der Waals surface area contributed by atoms with Gasteiger partial charge in [0, 0.05) is 16.7 Å². The molecular formula is C16H6N2O2. The standard InChI is InChI=1S/C16H6N2O2/c17-7-9-4-5-11-13(6-9)16(20)14-10(8-18)2-1-3-12(14)15(11)19/h1-6H. The minimum atomic E-state index is -0.385. The summed E-state index contributed by atoms with van der Waals surface area (Å²) in [5, 5.41) is 18.0. The maximum atomic E-state index is 12.5. The number of nitrogens with zero attached hydrogens (tertiary/aromatic N) is 2. The molecular weight excluding hydrogens is 252 g/mol. The maximum Gasteiger partial charge on any atom is 0.195 e. The Morgan fingerprint density at radius 1 is 0.800 bits per heavy atom. The van der Waals surface area contributed by atoms with Crippen LogP contribution >= 0.6 is 0 Å². The van der Waals surface area contributed by atoms with Gasteiger partial charge in [0.05, 0.1) is 28.8 Å². The molecule has 0 amide bonds. The van der Waals surface area contributed by atoms with Crippen molar-refractivity contribution in [1.29, 1.82) is 10.5 Å². The topological polar surface area (TPSA) is 81.7 Å². The third-order valence-electron chi connectivity index (χ3n) is 3.29. The van der Waals surface area contributed by atoms with E-state index in [1.807, 2.05) is 12.1 Å². The van der Waals surface area contributed by atoms with Gasteiger partial charge in [-0.1, -0.05) is 12.1 Å². The number of carbonyl (C=O) groups excluding carboxylic acids is 2. The van der Waals surface area contributed by atoms with Gasteiger partial charge in [-0.2, -0.15) is 10.5 Å². The zero-order valence-corrected chi connectivity index (χ0v) is 10.2. The SMILES string of the molecule is N#Cc1ccc2c(c1)C(=O)c1c(C#N)cccc1C2=O. The van der Waals surface area contributed by atoms with Gasteiger partial charge < -0.3 is 0 Å². The molecule has 4 nitrogen and oxygen atoms in total. The number of rotatable bonds is 0. The van der Waals surface area contributed by atoms with Gasteiger partial charge in [0.2, 0.25) is 0 Å². The van der Waals surface area contributed by atoms with Gasteiger partial charge in [-0.25, -0.2) is 0 Å². The Balaban J connectivity index is 2.35. The molecule has 92 valence electrons. The first-order valence-corrected chi connectivity index (χ1v) is 5.84. The van der Waals surface area contributed by atoms with Crippen LogP contribution in [0.15, 0.2) is 36.4 Å². The number of nitriles is 2. The largest absolute Gasteiger partial charge is 0.289 e. The van der Waals surface area contributed by atoms with E-state index in [1.54, 1.807) is 6.07 Å². The summed E-state index contributed by atoms with van der Waals surface area (Å²) in [6.45, 7) is 0. The molecule has 0 atom stereocenters. The van der Waals surface area contributed by atoms with E-state index in [2.05, 4.69) is 0 Å². The van der Waals surface area contributed by atoms with Crippen molar-refractivity contribution in [3.05, 3.63) is 69.8 Å². The first-order chi connectivity index (χ1) is 9.67. The van der Waals surface area contributed by atoms with Crippen molar-refractivity contribution in [1.82, 2.24) is 0 Å². The highest BCUT2D eigenvalue weighted by atomic mass is 16.1. The van der Waals surface area contributed by atoms with Crippen LogP contribution in [0.2, 0.25) is 0 Å². The smallest absolute Gasteiger partial charge is 0.195 e. The summed E-state index contributed by atoms with van der Waals surface area (Å²) in [7, 11) is 0. The summed E-state index contributed by atoms with van der Waals surface area (Å²) < 4.78 is 0. The fourth-order valence-electron chi connectivity index (χ4n) is 2.36. The van der Waals surface area contributed by atoms with Gasteiger partial charge in [0.15, 0.2) is 11.6 Å². The third kappa shape index (κ3) is 1.46. The van der Waals surface area contributed by atoms with Crippen LogP contribution in [0.3, 0.4) is 0 Å². The monoisotopic (exact) mass is 258 g/mol. The van der Waals surface area contributed by atoms with E-state index in [1.165, 1.54) is 30.3 Å². The predicted octanol–water partition coefficient (Wildman–Crippen LogP) is 2.21. The van der Waals surface area contributed by atoms with Crippen molar-refractivity contribution < 1.29 is 9.59 Å². The quantitative estimate of drug-likeness (QED) is 0.619. The highest BCUT2D eigenvalue weighted by Crippen LogP contribution is 2.29. The Labute approximate surface area is 114 Å². The Morgan fingerprint density at radius 3 is 2.30 bits per heavy atom. The molecule has 2 aromatic carbocycles. The molecule has 4 heteroatoms. The normalized spacial score (nSPS) is 12.1. The molecule has 0 radical (unpaired) electrons. The van der Waals surface area contributed by atoms with Crippen LogP contribution in [0.4, 0.5) is 0 Å². The fourth-order valence-corrected chi connectivity index (χ4v) is 2.36. The molecule has 0 fully saturated rings. The number of hydrogen-bond acceptors (Lipinski definition) is 4. The lowest BCUT2D eigenvalue weighted by molar-refractivity contribution is 0.0979. The summed E-state index contributed by atoms with van der Waals surface area (Å²) in [6, 6.07) is 12.9. The zero-order valence-electron chi connectivity index (χ0n) is 10.2. The van der Waals surface area contributed by atoms with E-state index in [0.29, 0.717) is 5.56 Å². The summed E-state index contributed by atoms with van der Waals surface area (Å²) in [5.41, 5.74) is 1.31. The van der Waals surface area contributed by atoms with Gasteiger partial charge in [-0.3, -0.25) is 9.59 Å². The predicted molar refractivity (Wildman–Crippen MR) is 69.2 cm³/mol. The molecule has 20 heavy (non-hydrogen) atoms. The van der Waals surface area contributed by atoms with Crippen LogP contribution in [0.1, 0.15) is 43.0 Å². The minimum absolute atomic E-state index is 0.127. The highest BCUT2D eigenvalue weighted by Gasteiger charge is 2.31. The molecule has 0 bridgehead atoms. The summed E-state index contributed by atoms with van der Waals surface area (Å²) in [6.07, 6.45) is 0. The van der Waals surface area contributed by atoms with Crippen LogP contribution in [-0.4, -0.2) is 11.6 Å². The van der Waals surface area contributed by atoms with Crippen molar-refractivity contribution in [3.63, 3.8) is 0 Å². The van der Waals surface area contributed by atoms with Crippen LogP contribution in [0, 0.1) is 22.7 Å². The van der Waals surface area contributed by atoms with Gasteiger partial charge in [-0.05, 0) is 24.3 Å². The summed E-state index contributed by atoms with van der Waals surface area (Å²) in [5.74, 6) is -0.681. The van der Waals surface area contributed by atoms with Crippen LogP contribution in [0.5, 0.6) is 0 Å². The zero-order chi connectivity index (χ0) is 14.3. The van der Waals surface area contributed by atoms with Gasteiger partial charge in [0.1, 0.15) is 0 Å². The fraction of sp³-hybridized carbons (Fsp3) is 0. The molecule has 1 aliphatic rings. The molecule has 0 heterocycles. The molecule has 0 spiro atoms. The Hall–Kier alpha value is -3.24. The molecule has 0 aromatic heterocycles. The summed E-state index contributed by atoms with van der Waals surface area (Å²) in [4.78, 5) is 24.9. The third-order valence-corrected chi connectivity index (χ3v) is 3.29. The minimum Gasteiger partial charge on any atom is -0.289 e. The first kappa shape index (κ1) is 11.8. The van der Waals surface area contributed by atoms with Crippen molar-refractivity contribution in [2.24, 2.45) is 0 Å². The van der Waals surface area contributed by atoms with Crippen molar-refractivity contribution in [2.75, 3.05) is 0 Å². The Bertz CT molecular complexity index is 867. The van der Waals surface area contributed by atoms with Crippen LogP contribution < -0.4 is 0 Å². The lowest BCUT2D eigenvalue weighted by Gasteiger charge is -2.18. The van der Waals surface area contributed by atoms with E-state index in [9.17, 15) is 9.59 Å². The second-order valence-electron chi connectivity index (χ2n) is 4.37. The van der Waals surface area contributed by atoms with Crippen LogP contribution in [-0.2, 0) is 0 Å². The number of hydrogen-bond donors (Lipinski definition) is 0. The van der Waals surface area contributed by atoms with Crippen LogP contribution in [0.25, 0.3) is 0 Å². The second kappa shape index (κ2) is 4.15. The maximum absolute atomic E-state index is 12.5. The van der Waals surface area contributed by atoms with Gasteiger partial charge >= 0.3 is 0 Å². The molecule has 3 rings (SSSR count). The number of fused-ring (bicyclic) bond motifs is 2. The van der Waals surface area contributed by atoms with Crippen molar-refractivity contribution >= 4 is 11.6 Å². The molecule has 1 aliphatic carbocycles. The molecule has 0 N–H and O–H groups in total. The lowest BCUT2D eigenvalue weighted by Crippen LogP contribution is -2.22. The summed E-state index contributed by atoms with van der Waals surface area (Å²) >= 11 is 0. The second-order valence-corrected chi connectivity index (χ2v) is 4.37. The van der Waals surface area contributed by atoms with E-state index in [-0.39, 0.29) is 39.4 Å². The van der Waals surface area contributed by atoms with E-state index < -0.39 is 0 Å². The first-order valence-electron chi connectivity index (χ1n) is 5.84. The van der Waals surface area contributed by atoms with E-state index >= 15 is 0 Å². The Kier molecular flexibility index (Phi) is 2.45. The van der Waals surface area contributed by atoms with Crippen molar-refractivity contribution in [2.45, 2.75) is 0 Å². The van der Waals surface area contributed by atoms with Gasteiger partial charge in [0.25, 0.3) is 0 Å². The number of carbonyl (C=O) groups is 2. The average molecular weight is 258 g/mol. The number of ketones is 2. The van der Waals surface area contributed by atoms with E-state index in [4.69, 9.17) is 10.5 Å². The molecule has 0 saturated heterocycles. The Morgan fingerprint density at radius 2 is 1.60 bits per heavy atom.